The summed E-state index contributed by atoms with van der Waals surface area (Å²) >= 11 is 0. The number of hydrogen-bond acceptors (Lipinski definition) is 6. The fourth-order valence-electron chi connectivity index (χ4n) is 4.57. The third kappa shape index (κ3) is 4.91. The van der Waals surface area contributed by atoms with Crippen LogP contribution >= 0.6 is 0 Å². The van der Waals surface area contributed by atoms with E-state index in [0.29, 0.717) is 13.1 Å². The third-order valence-corrected chi connectivity index (χ3v) is 6.43. The van der Waals surface area contributed by atoms with E-state index in [4.69, 9.17) is 14.6 Å². The summed E-state index contributed by atoms with van der Waals surface area (Å²) < 4.78 is 12.5. The minimum atomic E-state index is -0.0998. The predicted octanol–water partition coefficient (Wildman–Crippen LogP) is 3.95. The molecule has 1 saturated heterocycles. The van der Waals surface area contributed by atoms with E-state index in [1.807, 2.05) is 65.3 Å². The molecule has 0 saturated carbocycles. The number of piperidine rings is 1. The number of ether oxygens (including phenoxy) is 2. The van der Waals surface area contributed by atoms with E-state index in [1.165, 1.54) is 0 Å². The first-order chi connectivity index (χ1) is 17.1. The summed E-state index contributed by atoms with van der Waals surface area (Å²) in [5.74, 6) is 2.39. The maximum Gasteiger partial charge on any atom is 0.225 e. The van der Waals surface area contributed by atoms with Crippen molar-refractivity contribution in [2.45, 2.75) is 19.4 Å². The van der Waals surface area contributed by atoms with E-state index >= 15 is 0 Å². The van der Waals surface area contributed by atoms with Crippen molar-refractivity contribution in [1.82, 2.24) is 19.9 Å². The molecule has 3 heterocycles. The number of benzene rings is 2. The Morgan fingerprint density at radius 3 is 2.71 bits per heavy atom. The molecule has 1 amide bonds. The van der Waals surface area contributed by atoms with Crippen LogP contribution in [0.4, 0.5) is 5.82 Å². The maximum absolute atomic E-state index is 13.0. The number of nitrogens with zero attached hydrogens (tertiary/aromatic N) is 4. The lowest BCUT2D eigenvalue weighted by molar-refractivity contribution is -0.125. The van der Waals surface area contributed by atoms with E-state index in [0.717, 1.165) is 59.0 Å². The summed E-state index contributed by atoms with van der Waals surface area (Å²) in [5.41, 5.74) is 3.76. The van der Waals surface area contributed by atoms with Gasteiger partial charge in [-0.3, -0.25) is 4.79 Å². The summed E-state index contributed by atoms with van der Waals surface area (Å²) in [4.78, 5) is 19.9. The van der Waals surface area contributed by atoms with Gasteiger partial charge in [-0.05, 0) is 48.7 Å². The second kappa shape index (κ2) is 10.0. The second-order valence-electron chi connectivity index (χ2n) is 8.70. The van der Waals surface area contributed by atoms with E-state index in [-0.39, 0.29) is 11.8 Å². The van der Waals surface area contributed by atoms with Crippen LogP contribution in [-0.2, 0) is 11.3 Å². The van der Waals surface area contributed by atoms with Crippen molar-refractivity contribution in [3.63, 3.8) is 0 Å². The molecule has 1 aliphatic heterocycles. The minimum Gasteiger partial charge on any atom is -0.497 e. The van der Waals surface area contributed by atoms with Gasteiger partial charge in [-0.15, -0.1) is 0 Å². The highest BCUT2D eigenvalue weighted by Gasteiger charge is 2.27. The summed E-state index contributed by atoms with van der Waals surface area (Å²) in [6.45, 7) is 1.95. The van der Waals surface area contributed by atoms with Gasteiger partial charge in [-0.25, -0.2) is 9.50 Å². The third-order valence-electron chi connectivity index (χ3n) is 6.43. The molecule has 0 bridgehead atoms. The number of nitrogens with one attached hydrogen (secondary N) is 1. The van der Waals surface area contributed by atoms with Gasteiger partial charge in [0.05, 0.1) is 25.8 Å². The molecule has 0 aliphatic carbocycles. The molecule has 0 spiro atoms. The zero-order chi connectivity index (χ0) is 24.2. The molecule has 4 aromatic rings. The average molecular weight is 472 g/mol. The van der Waals surface area contributed by atoms with Crippen molar-refractivity contribution >= 4 is 17.2 Å². The van der Waals surface area contributed by atoms with Crippen molar-refractivity contribution in [3.8, 4) is 22.8 Å². The van der Waals surface area contributed by atoms with Crippen LogP contribution < -0.4 is 19.7 Å². The molecule has 8 heteroatoms. The van der Waals surface area contributed by atoms with Gasteiger partial charge in [0, 0.05) is 37.6 Å². The van der Waals surface area contributed by atoms with Crippen LogP contribution in [0.3, 0.4) is 0 Å². The average Bonchev–Trinajstić information content (AvgIpc) is 3.36. The first kappa shape index (κ1) is 22.7. The molecule has 2 aromatic heterocycles. The van der Waals surface area contributed by atoms with Crippen LogP contribution in [0.1, 0.15) is 18.4 Å². The lowest BCUT2D eigenvalue weighted by Crippen LogP contribution is -2.43. The molecule has 35 heavy (non-hydrogen) atoms. The molecule has 0 radical (unpaired) electrons. The SMILES string of the molecule is COc1cccc(CNC(=O)[C@H]2CCCN(c3nccn4nc(-c5cccc(OC)c5)cc34)C2)c1. The number of amides is 1. The Morgan fingerprint density at radius 2 is 1.89 bits per heavy atom. The van der Waals surface area contributed by atoms with E-state index in [2.05, 4.69) is 15.2 Å². The lowest BCUT2D eigenvalue weighted by Gasteiger charge is -2.33. The number of methoxy groups -OCH3 is 2. The zero-order valence-corrected chi connectivity index (χ0v) is 20.0. The van der Waals surface area contributed by atoms with Crippen molar-refractivity contribution in [2.24, 2.45) is 5.92 Å². The summed E-state index contributed by atoms with van der Waals surface area (Å²) in [6, 6.07) is 17.7. The van der Waals surface area contributed by atoms with Gasteiger partial charge in [-0.2, -0.15) is 5.10 Å². The Hall–Kier alpha value is -4.07. The number of rotatable bonds is 7. The number of fused-ring (bicyclic) bond motifs is 1. The minimum absolute atomic E-state index is 0.0649. The highest BCUT2D eigenvalue weighted by molar-refractivity contribution is 5.81. The van der Waals surface area contributed by atoms with E-state index in [9.17, 15) is 4.79 Å². The summed E-state index contributed by atoms with van der Waals surface area (Å²) in [7, 11) is 3.30. The number of anilines is 1. The molecule has 1 fully saturated rings. The Balaban J connectivity index is 1.32. The van der Waals surface area contributed by atoms with Crippen molar-refractivity contribution in [3.05, 3.63) is 72.6 Å². The van der Waals surface area contributed by atoms with Crippen LogP contribution in [-0.4, -0.2) is 47.8 Å². The molecular formula is C27H29N5O3. The highest BCUT2D eigenvalue weighted by Crippen LogP contribution is 2.29. The van der Waals surface area contributed by atoms with Crippen LogP contribution in [0.25, 0.3) is 16.8 Å². The largest absolute Gasteiger partial charge is 0.497 e. The fraction of sp³-hybridized carbons (Fsp3) is 0.296. The molecule has 1 N–H and O–H groups in total. The standard InChI is InChI=1S/C27H29N5O3/c1-34-22-9-3-6-19(14-22)17-29-27(33)21-8-5-12-31(18-21)26-25-16-24(30-32(25)13-11-28-26)20-7-4-10-23(15-20)35-2/h3-4,6-7,9-11,13-16,21H,5,8,12,17-18H2,1-2H3,(H,29,33)/t21-/m0/s1. The van der Waals surface area contributed by atoms with Gasteiger partial charge in [0.25, 0.3) is 0 Å². The van der Waals surface area contributed by atoms with Crippen molar-refractivity contribution in [1.29, 1.82) is 0 Å². The molecule has 2 aromatic carbocycles. The van der Waals surface area contributed by atoms with E-state index < -0.39 is 0 Å². The summed E-state index contributed by atoms with van der Waals surface area (Å²) in [6.07, 6.45) is 5.40. The van der Waals surface area contributed by atoms with Crippen LogP contribution in [0.2, 0.25) is 0 Å². The molecule has 180 valence electrons. The monoisotopic (exact) mass is 471 g/mol. The van der Waals surface area contributed by atoms with Crippen molar-refractivity contribution in [2.75, 3.05) is 32.2 Å². The Labute approximate surface area is 204 Å². The van der Waals surface area contributed by atoms with E-state index in [1.54, 1.807) is 20.4 Å². The zero-order valence-electron chi connectivity index (χ0n) is 20.0. The van der Waals surface area contributed by atoms with Gasteiger partial charge < -0.3 is 19.7 Å². The first-order valence-corrected chi connectivity index (χ1v) is 11.8. The fourth-order valence-corrected chi connectivity index (χ4v) is 4.57. The topological polar surface area (TPSA) is 81.0 Å². The Bertz CT molecular complexity index is 1340. The second-order valence-corrected chi connectivity index (χ2v) is 8.70. The van der Waals surface area contributed by atoms with Gasteiger partial charge in [0.1, 0.15) is 17.0 Å². The lowest BCUT2D eigenvalue weighted by atomic mass is 9.97. The number of hydrogen-bond donors (Lipinski definition) is 1. The normalized spacial score (nSPS) is 15.7. The van der Waals surface area contributed by atoms with Gasteiger partial charge in [0.15, 0.2) is 5.82 Å². The van der Waals surface area contributed by atoms with Gasteiger partial charge in [-0.1, -0.05) is 24.3 Å². The smallest absolute Gasteiger partial charge is 0.225 e. The molecular weight excluding hydrogens is 442 g/mol. The summed E-state index contributed by atoms with van der Waals surface area (Å²) in [5, 5.41) is 7.84. The predicted molar refractivity (Wildman–Crippen MR) is 135 cm³/mol. The van der Waals surface area contributed by atoms with Gasteiger partial charge >= 0.3 is 0 Å². The first-order valence-electron chi connectivity index (χ1n) is 11.8. The quantitative estimate of drug-likeness (QED) is 0.440. The molecule has 1 atom stereocenters. The molecule has 8 nitrogen and oxygen atoms in total. The number of carbonyl (C=O) groups is 1. The number of aromatic nitrogens is 3. The Kier molecular flexibility index (Phi) is 6.52. The van der Waals surface area contributed by atoms with Crippen LogP contribution in [0.15, 0.2) is 67.0 Å². The number of carbonyl (C=O) groups excluding carboxylic acids is 1. The molecule has 0 unspecified atom stereocenters. The van der Waals surface area contributed by atoms with Gasteiger partial charge in [0.2, 0.25) is 5.91 Å². The van der Waals surface area contributed by atoms with Crippen LogP contribution in [0, 0.1) is 5.92 Å². The van der Waals surface area contributed by atoms with Crippen LogP contribution in [0.5, 0.6) is 11.5 Å². The Morgan fingerprint density at radius 1 is 1.09 bits per heavy atom. The molecule has 5 rings (SSSR count). The maximum atomic E-state index is 13.0. The molecule has 1 aliphatic rings. The highest BCUT2D eigenvalue weighted by atomic mass is 16.5. The van der Waals surface area contributed by atoms with Crippen molar-refractivity contribution < 1.29 is 14.3 Å².